The molecule has 3 N–H and O–H groups in total. The number of nitrogen functional groups attached to an aromatic ring is 1. The van der Waals surface area contributed by atoms with E-state index in [1.165, 1.54) is 12.8 Å². The molecule has 4 heteroatoms. The van der Waals surface area contributed by atoms with Gasteiger partial charge in [-0.25, -0.2) is 0 Å². The number of nitrogens with two attached hydrogens (primary N) is 1. The highest BCUT2D eigenvalue weighted by Crippen LogP contribution is 2.38. The van der Waals surface area contributed by atoms with Gasteiger partial charge >= 0.3 is 0 Å². The molecule has 2 fully saturated rings. The van der Waals surface area contributed by atoms with Crippen LogP contribution < -0.4 is 11.1 Å². The van der Waals surface area contributed by atoms with Crippen LogP contribution in [0.5, 0.6) is 0 Å². The SMILES string of the molecule is CC1(C)CCC(NC(=O)c2cc(N)cn2C2CC2)CC1. The lowest BCUT2D eigenvalue weighted by atomic mass is 9.75. The van der Waals surface area contributed by atoms with Crippen molar-refractivity contribution in [3.05, 3.63) is 18.0 Å². The van der Waals surface area contributed by atoms with Gasteiger partial charge in [-0.3, -0.25) is 4.79 Å². The van der Waals surface area contributed by atoms with Gasteiger partial charge in [-0.2, -0.15) is 0 Å². The molecule has 1 aromatic heterocycles. The lowest BCUT2D eigenvalue weighted by Crippen LogP contribution is -2.39. The number of anilines is 1. The lowest BCUT2D eigenvalue weighted by molar-refractivity contribution is 0.0899. The number of rotatable bonds is 3. The molecule has 0 saturated heterocycles. The van der Waals surface area contributed by atoms with E-state index in [0.717, 1.165) is 31.4 Å². The minimum absolute atomic E-state index is 0.0401. The highest BCUT2D eigenvalue weighted by molar-refractivity contribution is 5.94. The van der Waals surface area contributed by atoms with Gasteiger partial charge in [0.2, 0.25) is 0 Å². The maximum atomic E-state index is 12.5. The first-order valence-corrected chi connectivity index (χ1v) is 7.73. The van der Waals surface area contributed by atoms with Crippen LogP contribution in [0.3, 0.4) is 0 Å². The molecule has 1 aromatic rings. The fourth-order valence-corrected chi connectivity index (χ4v) is 3.14. The van der Waals surface area contributed by atoms with E-state index in [1.54, 1.807) is 6.07 Å². The number of carbonyl (C=O) groups excluding carboxylic acids is 1. The molecule has 0 bridgehead atoms. The maximum absolute atomic E-state index is 12.5. The van der Waals surface area contributed by atoms with E-state index in [2.05, 4.69) is 23.7 Å². The van der Waals surface area contributed by atoms with Crippen molar-refractivity contribution >= 4 is 11.6 Å². The summed E-state index contributed by atoms with van der Waals surface area (Å²) in [5, 5.41) is 3.19. The molecule has 2 aliphatic carbocycles. The van der Waals surface area contributed by atoms with Gasteiger partial charge in [-0.05, 0) is 50.0 Å². The zero-order chi connectivity index (χ0) is 14.3. The molecule has 2 saturated carbocycles. The Labute approximate surface area is 120 Å². The largest absolute Gasteiger partial charge is 0.397 e. The molecule has 0 unspecified atom stereocenters. The van der Waals surface area contributed by atoms with E-state index in [1.807, 2.05) is 6.20 Å². The van der Waals surface area contributed by atoms with Crippen LogP contribution in [-0.4, -0.2) is 16.5 Å². The highest BCUT2D eigenvalue weighted by atomic mass is 16.2. The number of hydrogen-bond donors (Lipinski definition) is 2. The van der Waals surface area contributed by atoms with Crippen molar-refractivity contribution in [2.24, 2.45) is 5.41 Å². The van der Waals surface area contributed by atoms with Crippen LogP contribution in [0, 0.1) is 5.41 Å². The van der Waals surface area contributed by atoms with Crippen molar-refractivity contribution in [1.82, 2.24) is 9.88 Å². The number of hydrogen-bond acceptors (Lipinski definition) is 2. The number of amides is 1. The Morgan fingerprint density at radius 1 is 1.30 bits per heavy atom. The molecule has 20 heavy (non-hydrogen) atoms. The van der Waals surface area contributed by atoms with Gasteiger partial charge in [0.05, 0.1) is 5.69 Å². The molecule has 0 atom stereocenters. The van der Waals surface area contributed by atoms with Crippen molar-refractivity contribution in [2.75, 3.05) is 5.73 Å². The standard InChI is InChI=1S/C16H25N3O/c1-16(2)7-5-12(6-8-16)18-15(20)14-9-11(17)10-19(14)13-3-4-13/h9-10,12-13H,3-8,17H2,1-2H3,(H,18,20). The van der Waals surface area contributed by atoms with Crippen LogP contribution in [0.2, 0.25) is 0 Å². The summed E-state index contributed by atoms with van der Waals surface area (Å²) < 4.78 is 2.05. The van der Waals surface area contributed by atoms with Crippen molar-refractivity contribution in [2.45, 2.75) is 64.5 Å². The molecule has 0 aliphatic heterocycles. The van der Waals surface area contributed by atoms with Crippen LogP contribution in [0.1, 0.15) is 68.9 Å². The molecule has 1 heterocycles. The molecular formula is C16H25N3O. The first-order valence-electron chi connectivity index (χ1n) is 7.73. The molecule has 2 aliphatic rings. The second-order valence-corrected chi connectivity index (χ2v) is 7.21. The smallest absolute Gasteiger partial charge is 0.268 e. The van der Waals surface area contributed by atoms with Gasteiger partial charge in [0.25, 0.3) is 5.91 Å². The van der Waals surface area contributed by atoms with Gasteiger partial charge in [-0.1, -0.05) is 13.8 Å². The third kappa shape index (κ3) is 2.84. The second-order valence-electron chi connectivity index (χ2n) is 7.21. The molecule has 110 valence electrons. The van der Waals surface area contributed by atoms with E-state index in [4.69, 9.17) is 5.73 Å². The number of carbonyl (C=O) groups is 1. The number of nitrogens with one attached hydrogen (secondary N) is 1. The van der Waals surface area contributed by atoms with Crippen molar-refractivity contribution in [3.63, 3.8) is 0 Å². The second kappa shape index (κ2) is 4.83. The highest BCUT2D eigenvalue weighted by Gasteiger charge is 2.30. The van der Waals surface area contributed by atoms with Crippen molar-refractivity contribution in [1.29, 1.82) is 0 Å². The molecule has 4 nitrogen and oxygen atoms in total. The average molecular weight is 275 g/mol. The first-order chi connectivity index (χ1) is 9.44. The minimum Gasteiger partial charge on any atom is -0.397 e. The Bertz CT molecular complexity index is 504. The zero-order valence-corrected chi connectivity index (χ0v) is 12.5. The zero-order valence-electron chi connectivity index (χ0n) is 12.5. The van der Waals surface area contributed by atoms with Gasteiger partial charge in [0.15, 0.2) is 0 Å². The summed E-state index contributed by atoms with van der Waals surface area (Å²) >= 11 is 0. The number of aromatic nitrogens is 1. The Hall–Kier alpha value is -1.45. The fraction of sp³-hybridized carbons (Fsp3) is 0.688. The molecule has 0 spiro atoms. The molecular weight excluding hydrogens is 250 g/mol. The Kier molecular flexibility index (Phi) is 3.27. The third-order valence-corrected chi connectivity index (χ3v) is 4.72. The predicted octanol–water partition coefficient (Wildman–Crippen LogP) is 3.10. The summed E-state index contributed by atoms with van der Waals surface area (Å²) in [5.74, 6) is 0.0401. The quantitative estimate of drug-likeness (QED) is 0.890. The molecule has 0 radical (unpaired) electrons. The van der Waals surface area contributed by atoms with Crippen LogP contribution in [0.4, 0.5) is 5.69 Å². The Morgan fingerprint density at radius 2 is 1.95 bits per heavy atom. The maximum Gasteiger partial charge on any atom is 0.268 e. The first kappa shape index (κ1) is 13.5. The summed E-state index contributed by atoms with van der Waals surface area (Å²) in [6, 6.07) is 2.61. The van der Waals surface area contributed by atoms with E-state index in [0.29, 0.717) is 23.2 Å². The molecule has 3 rings (SSSR count). The summed E-state index contributed by atoms with van der Waals surface area (Å²) in [6.07, 6.45) is 8.75. The summed E-state index contributed by atoms with van der Waals surface area (Å²) in [7, 11) is 0. The lowest BCUT2D eigenvalue weighted by Gasteiger charge is -2.34. The van der Waals surface area contributed by atoms with E-state index >= 15 is 0 Å². The Balaban J connectivity index is 1.65. The average Bonchev–Trinajstić information content (AvgIpc) is 3.15. The van der Waals surface area contributed by atoms with Crippen LogP contribution in [-0.2, 0) is 0 Å². The van der Waals surface area contributed by atoms with Gasteiger partial charge in [-0.15, -0.1) is 0 Å². The number of nitrogens with zero attached hydrogens (tertiary/aromatic N) is 1. The summed E-state index contributed by atoms with van der Waals surface area (Å²) in [4.78, 5) is 12.5. The van der Waals surface area contributed by atoms with Crippen molar-refractivity contribution in [3.8, 4) is 0 Å². The predicted molar refractivity (Wildman–Crippen MR) is 80.6 cm³/mol. The summed E-state index contributed by atoms with van der Waals surface area (Å²) in [6.45, 7) is 4.62. The van der Waals surface area contributed by atoms with E-state index < -0.39 is 0 Å². The minimum atomic E-state index is 0.0401. The monoisotopic (exact) mass is 275 g/mol. The summed E-state index contributed by atoms with van der Waals surface area (Å²) in [5.41, 5.74) is 7.70. The molecule has 1 amide bonds. The van der Waals surface area contributed by atoms with E-state index in [-0.39, 0.29) is 5.91 Å². The van der Waals surface area contributed by atoms with Crippen molar-refractivity contribution < 1.29 is 4.79 Å². The molecule has 0 aromatic carbocycles. The van der Waals surface area contributed by atoms with Crippen LogP contribution in [0.15, 0.2) is 12.3 Å². The van der Waals surface area contributed by atoms with E-state index in [9.17, 15) is 4.79 Å². The van der Waals surface area contributed by atoms with Gasteiger partial charge in [0.1, 0.15) is 5.69 Å². The third-order valence-electron chi connectivity index (χ3n) is 4.72. The van der Waals surface area contributed by atoms with Crippen LogP contribution in [0.25, 0.3) is 0 Å². The topological polar surface area (TPSA) is 60.1 Å². The Morgan fingerprint density at radius 3 is 2.55 bits per heavy atom. The van der Waals surface area contributed by atoms with Gasteiger partial charge in [0, 0.05) is 18.3 Å². The van der Waals surface area contributed by atoms with Gasteiger partial charge < -0.3 is 15.6 Å². The van der Waals surface area contributed by atoms with Crippen LogP contribution >= 0.6 is 0 Å². The fourth-order valence-electron chi connectivity index (χ4n) is 3.14. The normalized spacial score (nSPS) is 22.7.